The molecule has 2 aromatic carbocycles. The number of rotatable bonds is 2. The van der Waals surface area contributed by atoms with Crippen LogP contribution in [0.4, 0.5) is 17.1 Å². The summed E-state index contributed by atoms with van der Waals surface area (Å²) in [4.78, 5) is 12.6. The van der Waals surface area contributed by atoms with Crippen molar-refractivity contribution in [1.82, 2.24) is 0 Å². The molecule has 3 rings (SSSR count). The van der Waals surface area contributed by atoms with Crippen LogP contribution in [0.5, 0.6) is 0 Å². The Kier molecular flexibility index (Phi) is 3.02. The van der Waals surface area contributed by atoms with Crippen molar-refractivity contribution in [3.63, 3.8) is 0 Å². The SMILES string of the molecule is Nc1cccc2c1CN(c1cccc([N+](=O)[O-])c1)CC2. The summed E-state index contributed by atoms with van der Waals surface area (Å²) in [6, 6.07) is 12.7. The smallest absolute Gasteiger partial charge is 0.271 e. The van der Waals surface area contributed by atoms with E-state index in [4.69, 9.17) is 5.73 Å². The zero-order valence-corrected chi connectivity index (χ0v) is 11.0. The highest BCUT2D eigenvalue weighted by molar-refractivity contribution is 5.59. The lowest BCUT2D eigenvalue weighted by Crippen LogP contribution is -2.30. The number of nitrogen functional groups attached to an aromatic ring is 1. The van der Waals surface area contributed by atoms with Crippen molar-refractivity contribution in [2.24, 2.45) is 0 Å². The standard InChI is InChI=1S/C15H15N3O2/c16-15-6-1-3-11-7-8-17(10-14(11)15)12-4-2-5-13(9-12)18(19)20/h1-6,9H,7-8,10,16H2. The Bertz CT molecular complexity index is 670. The number of hydrogen-bond donors (Lipinski definition) is 1. The third-order valence-corrected chi connectivity index (χ3v) is 3.72. The molecule has 20 heavy (non-hydrogen) atoms. The number of anilines is 2. The Hall–Kier alpha value is -2.56. The number of nitrogens with two attached hydrogens (primary N) is 1. The van der Waals surface area contributed by atoms with Gasteiger partial charge in [-0.05, 0) is 29.7 Å². The molecule has 0 aliphatic carbocycles. The first kappa shape index (κ1) is 12.5. The third kappa shape index (κ3) is 2.18. The Morgan fingerprint density at radius 1 is 1.20 bits per heavy atom. The molecule has 0 aromatic heterocycles. The van der Waals surface area contributed by atoms with E-state index >= 15 is 0 Å². The first-order valence-corrected chi connectivity index (χ1v) is 6.51. The van der Waals surface area contributed by atoms with Crippen LogP contribution in [-0.2, 0) is 13.0 Å². The molecule has 0 atom stereocenters. The summed E-state index contributed by atoms with van der Waals surface area (Å²) in [5, 5.41) is 10.9. The summed E-state index contributed by atoms with van der Waals surface area (Å²) < 4.78 is 0. The van der Waals surface area contributed by atoms with Gasteiger partial charge < -0.3 is 10.6 Å². The normalized spacial score (nSPS) is 13.9. The summed E-state index contributed by atoms with van der Waals surface area (Å²) in [6.07, 6.45) is 0.906. The molecule has 0 unspecified atom stereocenters. The van der Waals surface area contributed by atoms with Crippen molar-refractivity contribution in [3.8, 4) is 0 Å². The van der Waals surface area contributed by atoms with Crippen molar-refractivity contribution in [2.75, 3.05) is 17.2 Å². The summed E-state index contributed by atoms with van der Waals surface area (Å²) in [5.74, 6) is 0. The van der Waals surface area contributed by atoms with Crippen LogP contribution in [0, 0.1) is 10.1 Å². The van der Waals surface area contributed by atoms with Crippen molar-refractivity contribution in [2.45, 2.75) is 13.0 Å². The fraction of sp³-hybridized carbons (Fsp3) is 0.200. The van der Waals surface area contributed by atoms with Gasteiger partial charge in [-0.15, -0.1) is 0 Å². The Labute approximate surface area is 116 Å². The molecule has 5 nitrogen and oxygen atoms in total. The molecule has 2 aromatic rings. The predicted octanol–water partition coefficient (Wildman–Crippen LogP) is 2.74. The number of nitrogens with zero attached hydrogens (tertiary/aromatic N) is 2. The topological polar surface area (TPSA) is 72.4 Å². The van der Waals surface area contributed by atoms with E-state index < -0.39 is 0 Å². The number of fused-ring (bicyclic) bond motifs is 1. The van der Waals surface area contributed by atoms with E-state index in [0.29, 0.717) is 6.54 Å². The average Bonchev–Trinajstić information content (AvgIpc) is 2.47. The van der Waals surface area contributed by atoms with Gasteiger partial charge in [0.25, 0.3) is 5.69 Å². The first-order chi connectivity index (χ1) is 9.65. The van der Waals surface area contributed by atoms with E-state index in [-0.39, 0.29) is 10.6 Å². The van der Waals surface area contributed by atoms with Gasteiger partial charge in [0.15, 0.2) is 0 Å². The predicted molar refractivity (Wildman–Crippen MR) is 78.7 cm³/mol. The fourth-order valence-electron chi connectivity index (χ4n) is 2.63. The zero-order chi connectivity index (χ0) is 14.1. The van der Waals surface area contributed by atoms with Gasteiger partial charge >= 0.3 is 0 Å². The number of hydrogen-bond acceptors (Lipinski definition) is 4. The summed E-state index contributed by atoms with van der Waals surface area (Å²) in [5.41, 5.74) is 10.2. The lowest BCUT2D eigenvalue weighted by molar-refractivity contribution is -0.384. The number of nitro benzene ring substituents is 1. The largest absolute Gasteiger partial charge is 0.398 e. The Morgan fingerprint density at radius 3 is 2.80 bits per heavy atom. The van der Waals surface area contributed by atoms with Gasteiger partial charge in [-0.2, -0.15) is 0 Å². The molecular formula is C15H15N3O2. The van der Waals surface area contributed by atoms with Crippen molar-refractivity contribution in [1.29, 1.82) is 0 Å². The van der Waals surface area contributed by atoms with Crippen LogP contribution < -0.4 is 10.6 Å². The molecule has 0 radical (unpaired) electrons. The average molecular weight is 269 g/mol. The second-order valence-corrected chi connectivity index (χ2v) is 4.93. The number of benzene rings is 2. The van der Waals surface area contributed by atoms with Crippen molar-refractivity contribution >= 4 is 17.1 Å². The van der Waals surface area contributed by atoms with Gasteiger partial charge in [0, 0.05) is 36.6 Å². The molecule has 1 heterocycles. The van der Waals surface area contributed by atoms with Crippen molar-refractivity contribution < 1.29 is 4.92 Å². The fourth-order valence-corrected chi connectivity index (χ4v) is 2.63. The molecule has 0 amide bonds. The van der Waals surface area contributed by atoms with E-state index in [1.54, 1.807) is 12.1 Å². The highest BCUT2D eigenvalue weighted by Gasteiger charge is 2.19. The highest BCUT2D eigenvalue weighted by atomic mass is 16.6. The Balaban J connectivity index is 1.92. The maximum absolute atomic E-state index is 10.9. The van der Waals surface area contributed by atoms with Crippen LogP contribution in [0.15, 0.2) is 42.5 Å². The van der Waals surface area contributed by atoms with Gasteiger partial charge in [0.2, 0.25) is 0 Å². The lowest BCUT2D eigenvalue weighted by Gasteiger charge is -2.31. The zero-order valence-electron chi connectivity index (χ0n) is 11.0. The van der Waals surface area contributed by atoms with Crippen molar-refractivity contribution in [3.05, 3.63) is 63.7 Å². The molecule has 0 saturated heterocycles. The minimum Gasteiger partial charge on any atom is -0.398 e. The van der Waals surface area contributed by atoms with Crippen LogP contribution >= 0.6 is 0 Å². The maximum atomic E-state index is 10.9. The van der Waals surface area contributed by atoms with Gasteiger partial charge in [0.1, 0.15) is 0 Å². The van der Waals surface area contributed by atoms with Crippen LogP contribution in [0.1, 0.15) is 11.1 Å². The molecule has 1 aliphatic heterocycles. The first-order valence-electron chi connectivity index (χ1n) is 6.51. The quantitative estimate of drug-likeness (QED) is 0.517. The van der Waals surface area contributed by atoms with E-state index in [9.17, 15) is 10.1 Å². The number of non-ortho nitro benzene ring substituents is 1. The third-order valence-electron chi connectivity index (χ3n) is 3.72. The van der Waals surface area contributed by atoms with Gasteiger partial charge in [-0.1, -0.05) is 18.2 Å². The highest BCUT2D eigenvalue weighted by Crippen LogP contribution is 2.29. The summed E-state index contributed by atoms with van der Waals surface area (Å²) in [7, 11) is 0. The molecule has 2 N–H and O–H groups in total. The molecular weight excluding hydrogens is 254 g/mol. The lowest BCUT2D eigenvalue weighted by atomic mass is 9.97. The maximum Gasteiger partial charge on any atom is 0.271 e. The molecule has 0 saturated carbocycles. The second-order valence-electron chi connectivity index (χ2n) is 4.93. The van der Waals surface area contributed by atoms with E-state index in [2.05, 4.69) is 11.0 Å². The Morgan fingerprint density at radius 2 is 2.00 bits per heavy atom. The minimum atomic E-state index is -0.365. The second kappa shape index (κ2) is 4.85. The molecule has 1 aliphatic rings. The van der Waals surface area contributed by atoms with Gasteiger partial charge in [0.05, 0.1) is 4.92 Å². The van der Waals surface area contributed by atoms with Crippen LogP contribution in [0.2, 0.25) is 0 Å². The summed E-state index contributed by atoms with van der Waals surface area (Å²) in [6.45, 7) is 1.54. The molecule has 5 heteroatoms. The van der Waals surface area contributed by atoms with Gasteiger partial charge in [-0.3, -0.25) is 10.1 Å². The molecule has 0 spiro atoms. The van der Waals surface area contributed by atoms with E-state index in [1.807, 2.05) is 18.2 Å². The van der Waals surface area contributed by atoms with E-state index in [0.717, 1.165) is 29.9 Å². The molecule has 102 valence electrons. The number of nitro groups is 1. The monoisotopic (exact) mass is 269 g/mol. The van der Waals surface area contributed by atoms with E-state index in [1.165, 1.54) is 11.6 Å². The molecule has 0 bridgehead atoms. The molecule has 0 fully saturated rings. The van der Waals surface area contributed by atoms with Crippen LogP contribution in [0.25, 0.3) is 0 Å². The van der Waals surface area contributed by atoms with Crippen LogP contribution in [0.3, 0.4) is 0 Å². The minimum absolute atomic E-state index is 0.120. The van der Waals surface area contributed by atoms with Crippen LogP contribution in [-0.4, -0.2) is 11.5 Å². The summed E-state index contributed by atoms with van der Waals surface area (Å²) >= 11 is 0. The van der Waals surface area contributed by atoms with Gasteiger partial charge in [-0.25, -0.2) is 0 Å².